The Hall–Kier alpha value is -2.21. The Morgan fingerprint density at radius 3 is 2.00 bits per heavy atom. The van der Waals surface area contributed by atoms with Gasteiger partial charge in [-0.25, -0.2) is 0 Å². The van der Waals surface area contributed by atoms with Gasteiger partial charge in [-0.1, -0.05) is 50.8 Å². The van der Waals surface area contributed by atoms with Crippen molar-refractivity contribution >= 4 is 17.8 Å². The van der Waals surface area contributed by atoms with Crippen molar-refractivity contribution in [3.05, 3.63) is 66.4 Å². The van der Waals surface area contributed by atoms with Crippen molar-refractivity contribution < 1.29 is 14.0 Å². The molecule has 0 saturated heterocycles. The first-order chi connectivity index (χ1) is 11.5. The molecule has 4 heteroatoms. The summed E-state index contributed by atoms with van der Waals surface area (Å²) >= 11 is 0. The second-order valence-corrected chi connectivity index (χ2v) is 9.03. The highest BCUT2D eigenvalue weighted by Crippen LogP contribution is 2.61. The second kappa shape index (κ2) is 7.57. The van der Waals surface area contributed by atoms with Crippen LogP contribution in [0.2, 0.25) is 0 Å². The Balaban J connectivity index is 2.70. The van der Waals surface area contributed by atoms with Gasteiger partial charge in [-0.15, -0.1) is 5.73 Å². The van der Waals surface area contributed by atoms with E-state index in [-0.39, 0.29) is 5.66 Å². The molecule has 0 N–H and O–H groups in total. The number of rotatable bonds is 6. The molecule has 2 rings (SSSR count). The minimum Gasteiger partial charge on any atom is -0.497 e. The molecular weight excluding hydrogens is 319 g/mol. The van der Waals surface area contributed by atoms with Crippen molar-refractivity contribution in [3.63, 3.8) is 0 Å². The average Bonchev–Trinajstić information content (AvgIpc) is 2.62. The summed E-state index contributed by atoms with van der Waals surface area (Å²) in [5.41, 5.74) is 3.60. The number of methoxy groups -OCH3 is 2. The summed E-state index contributed by atoms with van der Waals surface area (Å²) in [6.07, 6.45) is 0. The predicted molar refractivity (Wildman–Crippen MR) is 101 cm³/mol. The van der Waals surface area contributed by atoms with Crippen LogP contribution in [0.1, 0.15) is 19.4 Å². The van der Waals surface area contributed by atoms with E-state index in [0.29, 0.717) is 16.8 Å². The van der Waals surface area contributed by atoms with E-state index in [1.54, 1.807) is 20.3 Å². The van der Waals surface area contributed by atoms with Crippen molar-refractivity contribution in [1.29, 1.82) is 0 Å². The van der Waals surface area contributed by atoms with Crippen molar-refractivity contribution in [2.75, 3.05) is 14.2 Å². The average molecular weight is 342 g/mol. The highest BCUT2D eigenvalue weighted by molar-refractivity contribution is 7.81. The standard InChI is InChI=1S/C20H23O3P/c1-6-20(16-12-17(22-4)14-18(13-16)23-5)24(21,15(2)3)19-10-8-7-9-11-19/h7-15H,1H2,2-5H3/t24-/m0/s1. The number of benzene rings is 2. The Kier molecular flexibility index (Phi) is 5.72. The third-order valence-corrected chi connectivity index (χ3v) is 7.59. The Morgan fingerprint density at radius 2 is 1.58 bits per heavy atom. The summed E-state index contributed by atoms with van der Waals surface area (Å²) in [5.74, 6) is 1.28. The zero-order valence-electron chi connectivity index (χ0n) is 14.6. The molecule has 0 aliphatic rings. The minimum absolute atomic E-state index is 0.0821. The summed E-state index contributed by atoms with van der Waals surface area (Å²) in [7, 11) is 0.280. The number of ether oxygens (including phenoxy) is 2. The minimum atomic E-state index is -2.90. The fraction of sp³-hybridized carbons (Fsp3) is 0.250. The SMILES string of the molecule is C=C=C(c1cc(OC)cc(OC)c1)[P@@](=O)(c1ccccc1)C(C)C. The quantitative estimate of drug-likeness (QED) is 0.552. The van der Waals surface area contributed by atoms with Crippen LogP contribution in [0.5, 0.6) is 11.5 Å². The molecule has 0 aliphatic carbocycles. The molecule has 0 amide bonds. The van der Waals surface area contributed by atoms with Gasteiger partial charge in [0, 0.05) is 22.6 Å². The monoisotopic (exact) mass is 342 g/mol. The summed E-state index contributed by atoms with van der Waals surface area (Å²) < 4.78 is 24.7. The third kappa shape index (κ3) is 3.33. The van der Waals surface area contributed by atoms with E-state index in [2.05, 4.69) is 12.3 Å². The van der Waals surface area contributed by atoms with Gasteiger partial charge in [0.15, 0.2) is 7.14 Å². The van der Waals surface area contributed by atoms with Gasteiger partial charge >= 0.3 is 0 Å². The molecule has 0 aliphatic heterocycles. The normalized spacial score (nSPS) is 13.0. The first-order valence-corrected chi connectivity index (χ1v) is 9.54. The lowest BCUT2D eigenvalue weighted by Crippen LogP contribution is -2.13. The molecule has 126 valence electrons. The van der Waals surface area contributed by atoms with Crippen LogP contribution in [-0.4, -0.2) is 19.9 Å². The molecule has 0 fully saturated rings. The Labute approximate surface area is 144 Å². The van der Waals surface area contributed by atoms with E-state index in [1.165, 1.54) is 0 Å². The fourth-order valence-electron chi connectivity index (χ4n) is 2.69. The lowest BCUT2D eigenvalue weighted by atomic mass is 10.2. The highest BCUT2D eigenvalue weighted by Gasteiger charge is 2.34. The van der Waals surface area contributed by atoms with Gasteiger partial charge in [-0.2, -0.15) is 0 Å². The van der Waals surface area contributed by atoms with Gasteiger partial charge in [-0.05, 0) is 12.1 Å². The second-order valence-electron chi connectivity index (χ2n) is 5.71. The summed E-state index contributed by atoms with van der Waals surface area (Å²) in [6, 6.07) is 15.0. The van der Waals surface area contributed by atoms with Crippen molar-refractivity contribution in [3.8, 4) is 11.5 Å². The summed E-state index contributed by atoms with van der Waals surface area (Å²) in [5, 5.41) is 1.40. The molecule has 0 bridgehead atoms. The molecule has 1 atom stereocenters. The van der Waals surface area contributed by atoms with E-state index in [4.69, 9.17) is 9.47 Å². The largest absolute Gasteiger partial charge is 0.497 e. The van der Waals surface area contributed by atoms with Crippen LogP contribution in [0.25, 0.3) is 5.31 Å². The van der Waals surface area contributed by atoms with Gasteiger partial charge in [0.05, 0.1) is 19.5 Å². The topological polar surface area (TPSA) is 35.5 Å². The predicted octanol–water partition coefficient (Wildman–Crippen LogP) is 4.93. The highest BCUT2D eigenvalue weighted by atomic mass is 31.2. The van der Waals surface area contributed by atoms with E-state index >= 15 is 0 Å². The first kappa shape index (κ1) is 18.1. The molecule has 0 aromatic heterocycles. The third-order valence-electron chi connectivity index (χ3n) is 3.99. The van der Waals surface area contributed by atoms with Crippen molar-refractivity contribution in [2.24, 2.45) is 0 Å². The Bertz CT molecular complexity index is 781. The molecule has 0 saturated carbocycles. The van der Waals surface area contributed by atoms with Crippen LogP contribution in [0.4, 0.5) is 0 Å². The molecule has 2 aromatic rings. The number of hydrogen-bond donors (Lipinski definition) is 0. The Morgan fingerprint density at radius 1 is 1.04 bits per heavy atom. The van der Waals surface area contributed by atoms with Gasteiger partial charge in [0.25, 0.3) is 0 Å². The van der Waals surface area contributed by atoms with E-state index < -0.39 is 7.14 Å². The summed E-state index contributed by atoms with van der Waals surface area (Å²) in [6.45, 7) is 7.73. The fourth-order valence-corrected chi connectivity index (χ4v) is 5.42. The maximum Gasteiger partial charge on any atom is 0.153 e. The smallest absolute Gasteiger partial charge is 0.153 e. The molecule has 0 radical (unpaired) electrons. The van der Waals surface area contributed by atoms with Crippen LogP contribution in [0.15, 0.2) is 60.8 Å². The zero-order valence-corrected chi connectivity index (χ0v) is 15.5. The maximum absolute atomic E-state index is 14.0. The van der Waals surface area contributed by atoms with Crippen LogP contribution in [0.3, 0.4) is 0 Å². The van der Waals surface area contributed by atoms with E-state index in [1.807, 2.05) is 56.3 Å². The van der Waals surface area contributed by atoms with Crippen LogP contribution >= 0.6 is 7.14 Å². The molecule has 2 aromatic carbocycles. The lowest BCUT2D eigenvalue weighted by Gasteiger charge is -2.25. The van der Waals surface area contributed by atoms with Gasteiger partial charge in [0.2, 0.25) is 0 Å². The lowest BCUT2D eigenvalue weighted by molar-refractivity contribution is 0.394. The van der Waals surface area contributed by atoms with Gasteiger partial charge in [-0.3, -0.25) is 0 Å². The molecule has 0 heterocycles. The maximum atomic E-state index is 14.0. The summed E-state index contributed by atoms with van der Waals surface area (Å²) in [4.78, 5) is 0. The molecule has 0 spiro atoms. The number of hydrogen-bond acceptors (Lipinski definition) is 3. The molecule has 0 unspecified atom stereocenters. The van der Waals surface area contributed by atoms with E-state index in [9.17, 15) is 4.57 Å². The van der Waals surface area contributed by atoms with Crippen molar-refractivity contribution in [1.82, 2.24) is 0 Å². The van der Waals surface area contributed by atoms with Crippen LogP contribution < -0.4 is 14.8 Å². The van der Waals surface area contributed by atoms with E-state index in [0.717, 1.165) is 10.9 Å². The molecule has 3 nitrogen and oxygen atoms in total. The zero-order chi connectivity index (χ0) is 17.7. The first-order valence-electron chi connectivity index (χ1n) is 7.76. The molecular formula is C20H23O3P. The van der Waals surface area contributed by atoms with Crippen LogP contribution in [-0.2, 0) is 4.57 Å². The molecule has 24 heavy (non-hydrogen) atoms. The van der Waals surface area contributed by atoms with Gasteiger partial charge in [0.1, 0.15) is 11.5 Å². The van der Waals surface area contributed by atoms with Crippen molar-refractivity contribution in [2.45, 2.75) is 19.5 Å². The van der Waals surface area contributed by atoms with Gasteiger partial charge < -0.3 is 14.0 Å². The van der Waals surface area contributed by atoms with Crippen LogP contribution in [0, 0.1) is 0 Å².